The smallest absolute Gasteiger partial charge is 0.255 e. The number of nitrogens with zero attached hydrogens (tertiary/aromatic N) is 1. The molecule has 1 amide bonds. The summed E-state index contributed by atoms with van der Waals surface area (Å²) in [5.74, 6) is 0.794. The van der Waals surface area contributed by atoms with Crippen molar-refractivity contribution in [3.63, 3.8) is 0 Å². The van der Waals surface area contributed by atoms with Gasteiger partial charge in [0, 0.05) is 15.9 Å². The summed E-state index contributed by atoms with van der Waals surface area (Å²) in [5, 5.41) is 2.06. The van der Waals surface area contributed by atoms with Gasteiger partial charge in [0.25, 0.3) is 5.91 Å². The number of rotatable bonds is 6. The van der Waals surface area contributed by atoms with Crippen LogP contribution >= 0.6 is 27.3 Å². The zero-order valence-corrected chi connectivity index (χ0v) is 14.8. The first kappa shape index (κ1) is 16.0. The molecule has 0 atom stereocenters. The molecule has 0 spiro atoms. The minimum absolute atomic E-state index is 0.00503. The summed E-state index contributed by atoms with van der Waals surface area (Å²) in [6, 6.07) is 15.4. The van der Waals surface area contributed by atoms with E-state index in [0.717, 1.165) is 16.7 Å². The quantitative estimate of drug-likeness (QED) is 0.594. The van der Waals surface area contributed by atoms with Gasteiger partial charge >= 0.3 is 0 Å². The summed E-state index contributed by atoms with van der Waals surface area (Å²) in [5.41, 5.74) is 0.672. The lowest BCUT2D eigenvalue weighted by atomic mass is 10.2. The molecular weight excluding hydrogens is 374 g/mol. The van der Waals surface area contributed by atoms with E-state index in [1.807, 2.05) is 47.4 Å². The average Bonchev–Trinajstić information content (AvgIpc) is 3.25. The molecule has 3 aromatic rings. The SMILES string of the molecule is O=C(c1ccccc1Br)N(CCc1cccs1)Cc1ccco1. The number of hydrogen-bond acceptors (Lipinski definition) is 3. The van der Waals surface area contributed by atoms with E-state index in [4.69, 9.17) is 4.42 Å². The molecule has 3 rings (SSSR count). The van der Waals surface area contributed by atoms with Crippen LogP contribution in [0.2, 0.25) is 0 Å². The number of carbonyl (C=O) groups is 1. The van der Waals surface area contributed by atoms with Crippen molar-refractivity contribution in [1.82, 2.24) is 4.90 Å². The number of amides is 1. The Kier molecular flexibility index (Phi) is 5.31. The highest BCUT2D eigenvalue weighted by molar-refractivity contribution is 9.10. The maximum Gasteiger partial charge on any atom is 0.255 e. The number of benzene rings is 1. The third-order valence-corrected chi connectivity index (χ3v) is 5.15. The van der Waals surface area contributed by atoms with E-state index >= 15 is 0 Å². The third kappa shape index (κ3) is 4.12. The summed E-state index contributed by atoms with van der Waals surface area (Å²) in [4.78, 5) is 16.0. The van der Waals surface area contributed by atoms with Crippen LogP contribution in [0.1, 0.15) is 21.0 Å². The lowest BCUT2D eigenvalue weighted by Crippen LogP contribution is -2.32. The predicted molar refractivity (Wildman–Crippen MR) is 95.6 cm³/mol. The molecule has 0 saturated heterocycles. The number of carbonyl (C=O) groups excluding carboxylic acids is 1. The molecule has 0 aliphatic heterocycles. The fourth-order valence-corrected chi connectivity index (χ4v) is 3.50. The van der Waals surface area contributed by atoms with Crippen molar-refractivity contribution in [2.75, 3.05) is 6.54 Å². The average molecular weight is 390 g/mol. The number of halogens is 1. The number of furan rings is 1. The van der Waals surface area contributed by atoms with Gasteiger partial charge in [0.05, 0.1) is 18.4 Å². The standard InChI is InChI=1S/C18H16BrNO2S/c19-17-8-2-1-7-16(17)18(21)20(13-14-5-3-11-22-14)10-9-15-6-4-12-23-15/h1-8,11-12H,9-10,13H2. The Labute approximate surface area is 147 Å². The van der Waals surface area contributed by atoms with Gasteiger partial charge in [-0.2, -0.15) is 0 Å². The fraction of sp³-hybridized carbons (Fsp3) is 0.167. The Hall–Kier alpha value is -1.85. The largest absolute Gasteiger partial charge is 0.467 e. The number of thiophene rings is 1. The second-order valence-corrected chi connectivity index (χ2v) is 7.00. The first-order chi connectivity index (χ1) is 11.2. The van der Waals surface area contributed by atoms with Crippen molar-refractivity contribution >= 4 is 33.2 Å². The van der Waals surface area contributed by atoms with E-state index in [2.05, 4.69) is 27.4 Å². The van der Waals surface area contributed by atoms with E-state index in [1.54, 1.807) is 17.6 Å². The monoisotopic (exact) mass is 389 g/mol. The van der Waals surface area contributed by atoms with Crippen molar-refractivity contribution in [3.8, 4) is 0 Å². The van der Waals surface area contributed by atoms with Gasteiger partial charge in [0.2, 0.25) is 0 Å². The van der Waals surface area contributed by atoms with Gasteiger partial charge in [-0.25, -0.2) is 0 Å². The van der Waals surface area contributed by atoms with Crippen LogP contribution < -0.4 is 0 Å². The third-order valence-electron chi connectivity index (χ3n) is 3.53. The zero-order valence-electron chi connectivity index (χ0n) is 12.4. The van der Waals surface area contributed by atoms with Crippen LogP contribution in [0.4, 0.5) is 0 Å². The van der Waals surface area contributed by atoms with Gasteiger partial charge < -0.3 is 9.32 Å². The van der Waals surface area contributed by atoms with Crippen LogP contribution in [0, 0.1) is 0 Å². The minimum atomic E-state index is 0.00503. The Morgan fingerprint density at radius 1 is 1.13 bits per heavy atom. The van der Waals surface area contributed by atoms with Gasteiger partial charge in [0.15, 0.2) is 0 Å². The van der Waals surface area contributed by atoms with E-state index in [-0.39, 0.29) is 5.91 Å². The van der Waals surface area contributed by atoms with Crippen molar-refractivity contribution in [3.05, 3.63) is 80.8 Å². The number of hydrogen-bond donors (Lipinski definition) is 0. The van der Waals surface area contributed by atoms with Gasteiger partial charge in [-0.15, -0.1) is 11.3 Å². The van der Waals surface area contributed by atoms with Crippen LogP contribution in [0.3, 0.4) is 0 Å². The topological polar surface area (TPSA) is 33.5 Å². The molecular formula is C18H16BrNO2S. The lowest BCUT2D eigenvalue weighted by molar-refractivity contribution is 0.0733. The van der Waals surface area contributed by atoms with Crippen LogP contribution in [0.5, 0.6) is 0 Å². The first-order valence-corrected chi connectivity index (χ1v) is 9.00. The Bertz CT molecular complexity index is 753. The van der Waals surface area contributed by atoms with Crippen LogP contribution in [-0.2, 0) is 13.0 Å². The molecule has 0 aliphatic rings. The highest BCUT2D eigenvalue weighted by Crippen LogP contribution is 2.20. The molecule has 23 heavy (non-hydrogen) atoms. The zero-order chi connectivity index (χ0) is 16.1. The van der Waals surface area contributed by atoms with Gasteiger partial charge in [-0.1, -0.05) is 18.2 Å². The van der Waals surface area contributed by atoms with Gasteiger partial charge in [0.1, 0.15) is 5.76 Å². The van der Waals surface area contributed by atoms with Crippen molar-refractivity contribution in [2.45, 2.75) is 13.0 Å². The summed E-state index contributed by atoms with van der Waals surface area (Å²) >= 11 is 5.18. The van der Waals surface area contributed by atoms with E-state index in [9.17, 15) is 4.79 Å². The molecule has 3 nitrogen and oxygen atoms in total. The van der Waals surface area contributed by atoms with E-state index in [1.165, 1.54) is 4.88 Å². The summed E-state index contributed by atoms with van der Waals surface area (Å²) in [6.45, 7) is 1.12. The molecule has 0 aliphatic carbocycles. The summed E-state index contributed by atoms with van der Waals surface area (Å²) in [6.07, 6.45) is 2.48. The van der Waals surface area contributed by atoms with Gasteiger partial charge in [-0.3, -0.25) is 4.79 Å². The van der Waals surface area contributed by atoms with Crippen LogP contribution in [0.25, 0.3) is 0 Å². The molecule has 0 bridgehead atoms. The minimum Gasteiger partial charge on any atom is -0.467 e. The second-order valence-electron chi connectivity index (χ2n) is 5.12. The molecule has 118 valence electrons. The maximum atomic E-state index is 12.9. The molecule has 0 N–H and O–H groups in total. The van der Waals surface area contributed by atoms with Crippen LogP contribution in [-0.4, -0.2) is 17.4 Å². The summed E-state index contributed by atoms with van der Waals surface area (Å²) in [7, 11) is 0. The molecule has 2 heterocycles. The molecule has 1 aromatic carbocycles. The molecule has 0 saturated carbocycles. The Morgan fingerprint density at radius 3 is 2.70 bits per heavy atom. The second kappa shape index (κ2) is 7.62. The summed E-state index contributed by atoms with van der Waals surface area (Å²) < 4.78 is 6.23. The molecule has 2 aromatic heterocycles. The predicted octanol–water partition coefficient (Wildman–Crippen LogP) is 4.99. The van der Waals surface area contributed by atoms with E-state index in [0.29, 0.717) is 18.7 Å². The first-order valence-electron chi connectivity index (χ1n) is 7.32. The highest BCUT2D eigenvalue weighted by Gasteiger charge is 2.19. The van der Waals surface area contributed by atoms with E-state index < -0.39 is 0 Å². The molecule has 0 radical (unpaired) electrons. The van der Waals surface area contributed by atoms with Crippen molar-refractivity contribution in [1.29, 1.82) is 0 Å². The fourth-order valence-electron chi connectivity index (χ4n) is 2.35. The van der Waals surface area contributed by atoms with Crippen LogP contribution in [0.15, 0.2) is 69.1 Å². The molecule has 5 heteroatoms. The highest BCUT2D eigenvalue weighted by atomic mass is 79.9. The molecule has 0 fully saturated rings. The molecule has 0 unspecified atom stereocenters. The Balaban J connectivity index is 1.78. The van der Waals surface area contributed by atoms with Gasteiger partial charge in [-0.05, 0) is 58.1 Å². The maximum absolute atomic E-state index is 12.9. The van der Waals surface area contributed by atoms with Crippen molar-refractivity contribution < 1.29 is 9.21 Å². The lowest BCUT2D eigenvalue weighted by Gasteiger charge is -2.22. The van der Waals surface area contributed by atoms with Crippen molar-refractivity contribution in [2.24, 2.45) is 0 Å². The Morgan fingerprint density at radius 2 is 2.00 bits per heavy atom. The normalized spacial score (nSPS) is 10.7.